The van der Waals surface area contributed by atoms with Crippen LogP contribution in [0.5, 0.6) is 11.5 Å². The molecule has 1 saturated heterocycles. The van der Waals surface area contributed by atoms with E-state index < -0.39 is 64.5 Å². The van der Waals surface area contributed by atoms with Crippen LogP contribution in [-0.2, 0) is 19.1 Å². The van der Waals surface area contributed by atoms with Gasteiger partial charge in [0.15, 0.2) is 16.7 Å². The van der Waals surface area contributed by atoms with Crippen LogP contribution in [-0.4, -0.2) is 114 Å². The monoisotopic (exact) mass is 930 g/mol. The number of allylic oxidation sites excluding steroid dienone is 2. The Balaban J connectivity index is 1.54. The van der Waals surface area contributed by atoms with Gasteiger partial charge in [0.1, 0.15) is 34.6 Å². The number of phenolic OH excluding ortho intramolecular Hbond substituents is 1. The lowest BCUT2D eigenvalue weighted by Crippen LogP contribution is -2.46. The summed E-state index contributed by atoms with van der Waals surface area (Å²) in [5.41, 5.74) is -0.895. The fourth-order valence-corrected chi connectivity index (χ4v) is 9.47. The minimum absolute atomic E-state index is 0.00787. The van der Waals surface area contributed by atoms with Crippen molar-refractivity contribution in [2.45, 2.75) is 113 Å². The molecule has 0 saturated carbocycles. The summed E-state index contributed by atoms with van der Waals surface area (Å²) in [4.78, 5) is 63.9. The van der Waals surface area contributed by atoms with Crippen LogP contribution in [0.3, 0.4) is 0 Å². The number of benzene rings is 3. The predicted molar refractivity (Wildman–Crippen MR) is 262 cm³/mol. The van der Waals surface area contributed by atoms with Gasteiger partial charge in [0.2, 0.25) is 10.9 Å². The third-order valence-electron chi connectivity index (χ3n) is 13.5. The number of aromatic hydroxyl groups is 1. The Morgan fingerprint density at radius 3 is 2.19 bits per heavy atom. The molecule has 16 nitrogen and oxygen atoms in total. The summed E-state index contributed by atoms with van der Waals surface area (Å²) in [5.74, 6) is -3.64. The number of nitrogens with zero attached hydrogens (tertiary/aromatic N) is 3. The number of fused-ring (bicyclic) bond motifs is 4. The Morgan fingerprint density at radius 2 is 1.61 bits per heavy atom. The number of aliphatic hydroxyl groups is 3. The lowest BCUT2D eigenvalue weighted by molar-refractivity contribution is -0.162. The standard InChI is InChI=1S/C51H70N4O12/c1-13-19-54-20-22-55(23-21-54)33-24-35(58)41-37(25-33)67-50-42(52-41)39-38(34(57)14-2)49(65-12)31(9)46(61)40(39)47(62)43(50)53-51(63)27(5)18-16-17-26(4)44(59)29(7)45(60)30(8)48(66-32(10)56)28(6)36(15-3)64-11/h16-18,24-26,28-30,36,44-45,48,57,59-61H,13-15,19-23H2,1-12H3,(H,53,63)/b17-16+,27-18-,38-34?. The van der Waals surface area contributed by atoms with Crippen molar-refractivity contribution in [3.05, 3.63) is 67.2 Å². The molecule has 0 radical (unpaired) electrons. The number of aliphatic hydroxyl groups excluding tert-OH is 3. The lowest BCUT2D eigenvalue weighted by atomic mass is 9.78. The van der Waals surface area contributed by atoms with Gasteiger partial charge in [-0.3, -0.25) is 24.1 Å². The van der Waals surface area contributed by atoms with Crippen molar-refractivity contribution in [1.29, 1.82) is 0 Å². The first-order chi connectivity index (χ1) is 31.8. The van der Waals surface area contributed by atoms with E-state index in [1.54, 1.807) is 53.0 Å². The second kappa shape index (κ2) is 22.5. The number of rotatable bonds is 19. The Hall–Kier alpha value is -5.55. The van der Waals surface area contributed by atoms with Crippen molar-refractivity contribution in [3.8, 4) is 11.5 Å². The zero-order chi connectivity index (χ0) is 49.6. The molecule has 3 aromatic carbocycles. The maximum absolute atomic E-state index is 14.7. The van der Waals surface area contributed by atoms with Crippen LogP contribution in [0.1, 0.15) is 87.1 Å². The van der Waals surface area contributed by atoms with Crippen LogP contribution >= 0.6 is 0 Å². The molecule has 67 heavy (non-hydrogen) atoms. The third-order valence-corrected chi connectivity index (χ3v) is 13.5. The molecule has 2 heterocycles. The molecule has 4 aromatic rings. The Kier molecular flexibility index (Phi) is 17.6. The number of carbonyl (C=O) groups is 2. The highest BCUT2D eigenvalue weighted by molar-refractivity contribution is 6.16. The van der Waals surface area contributed by atoms with E-state index in [0.717, 1.165) is 26.1 Å². The number of hydrogen-bond acceptors (Lipinski definition) is 15. The molecule has 1 aliphatic rings. The lowest BCUT2D eigenvalue weighted by Gasteiger charge is -2.38. The van der Waals surface area contributed by atoms with E-state index >= 15 is 0 Å². The normalized spacial score (nSPS) is 18.1. The molecule has 366 valence electrons. The first-order valence-electron chi connectivity index (χ1n) is 23.4. The smallest absolute Gasteiger partial charge is 0.302 e. The highest BCUT2D eigenvalue weighted by Crippen LogP contribution is 2.38. The van der Waals surface area contributed by atoms with Gasteiger partial charge in [-0.2, -0.15) is 0 Å². The van der Waals surface area contributed by atoms with Gasteiger partial charge >= 0.3 is 5.97 Å². The Bertz CT molecular complexity index is 2680. The summed E-state index contributed by atoms with van der Waals surface area (Å²) in [6.45, 7) is 21.3. The first-order valence-corrected chi connectivity index (χ1v) is 23.4. The number of phenols is 1. The van der Waals surface area contributed by atoms with Crippen molar-refractivity contribution < 1.29 is 48.6 Å². The summed E-state index contributed by atoms with van der Waals surface area (Å²) in [6, 6.07) is 3.19. The van der Waals surface area contributed by atoms with Gasteiger partial charge in [0.05, 0.1) is 36.0 Å². The second-order valence-electron chi connectivity index (χ2n) is 18.0. The minimum atomic E-state index is -1.05. The fraction of sp³-hybridized carbons (Fsp3) is 0.549. The van der Waals surface area contributed by atoms with Gasteiger partial charge in [0.25, 0.3) is 5.91 Å². The largest absolute Gasteiger partial charge is 0.512 e. The van der Waals surface area contributed by atoms with Gasteiger partial charge in [-0.15, -0.1) is 0 Å². The van der Waals surface area contributed by atoms with Crippen molar-refractivity contribution in [3.63, 3.8) is 0 Å². The molecular formula is C51H70N4O12. The molecule has 0 spiro atoms. The molecule has 0 aliphatic carbocycles. The third kappa shape index (κ3) is 10.9. The zero-order valence-electron chi connectivity index (χ0n) is 41.1. The van der Waals surface area contributed by atoms with Crippen LogP contribution in [0.15, 0.2) is 49.9 Å². The first kappa shape index (κ1) is 52.4. The van der Waals surface area contributed by atoms with Crippen molar-refractivity contribution in [2.24, 2.45) is 23.7 Å². The molecule has 5 N–H and O–H groups in total. The Labute approximate surface area is 391 Å². The summed E-state index contributed by atoms with van der Waals surface area (Å²) < 4.78 is 23.4. The summed E-state index contributed by atoms with van der Waals surface area (Å²) in [7, 11) is 2.96. The highest BCUT2D eigenvalue weighted by atomic mass is 16.5. The highest BCUT2D eigenvalue weighted by Gasteiger charge is 2.39. The van der Waals surface area contributed by atoms with Gasteiger partial charge < -0.3 is 49.3 Å². The molecule has 8 unspecified atom stereocenters. The van der Waals surface area contributed by atoms with Crippen LogP contribution in [0, 0.1) is 30.6 Å². The number of carbonyl (C=O) groups excluding carboxylic acids is 2. The average Bonchev–Trinajstić information content (AvgIpc) is 3.31. The van der Waals surface area contributed by atoms with Crippen molar-refractivity contribution >= 4 is 62.0 Å². The van der Waals surface area contributed by atoms with Crippen LogP contribution in [0.25, 0.3) is 38.7 Å². The van der Waals surface area contributed by atoms with E-state index in [-0.39, 0.29) is 85.0 Å². The predicted octanol–water partition coefficient (Wildman–Crippen LogP) is 6.27. The number of ether oxygens (including phenoxy) is 3. The van der Waals surface area contributed by atoms with E-state index in [9.17, 15) is 39.6 Å². The quantitative estimate of drug-likeness (QED) is 0.0230. The number of amides is 1. The summed E-state index contributed by atoms with van der Waals surface area (Å²) in [6.07, 6.45) is 3.63. The maximum atomic E-state index is 14.7. The molecule has 1 aliphatic heterocycles. The Morgan fingerprint density at radius 1 is 0.940 bits per heavy atom. The number of nitrogens with one attached hydrogen (secondary N) is 1. The number of esters is 1. The summed E-state index contributed by atoms with van der Waals surface area (Å²) >= 11 is 0. The number of aromatic nitrogens is 1. The van der Waals surface area contributed by atoms with E-state index in [1.807, 2.05) is 13.8 Å². The molecule has 8 atom stereocenters. The van der Waals surface area contributed by atoms with Crippen LogP contribution < -0.4 is 31.0 Å². The molecule has 16 heteroatoms. The van der Waals surface area contributed by atoms with E-state index in [2.05, 4.69) is 22.0 Å². The van der Waals surface area contributed by atoms with Gasteiger partial charge in [-0.25, -0.2) is 4.98 Å². The van der Waals surface area contributed by atoms with E-state index in [0.29, 0.717) is 25.2 Å². The number of hydrogen-bond donors (Lipinski definition) is 5. The molecule has 5 rings (SSSR count). The molecule has 1 aromatic heterocycles. The minimum Gasteiger partial charge on any atom is -0.512 e. The number of anilines is 2. The maximum Gasteiger partial charge on any atom is 0.302 e. The van der Waals surface area contributed by atoms with Gasteiger partial charge in [-0.1, -0.05) is 66.7 Å². The number of methoxy groups -OCH3 is 2. The topological polar surface area (TPSA) is 221 Å². The molecule has 1 fully saturated rings. The molecular weight excluding hydrogens is 861 g/mol. The van der Waals surface area contributed by atoms with E-state index in [1.165, 1.54) is 40.0 Å². The molecule has 0 bridgehead atoms. The number of piperazine rings is 1. The fourth-order valence-electron chi connectivity index (χ4n) is 9.47. The van der Waals surface area contributed by atoms with Crippen molar-refractivity contribution in [2.75, 3.05) is 57.2 Å². The van der Waals surface area contributed by atoms with Crippen LogP contribution in [0.2, 0.25) is 0 Å². The van der Waals surface area contributed by atoms with E-state index in [4.69, 9.17) is 23.6 Å². The zero-order valence-corrected chi connectivity index (χ0v) is 41.1. The second-order valence-corrected chi connectivity index (χ2v) is 18.0. The summed E-state index contributed by atoms with van der Waals surface area (Å²) in [5, 5.41) is 48.3. The van der Waals surface area contributed by atoms with Crippen LogP contribution in [0.4, 0.5) is 11.4 Å². The average molecular weight is 931 g/mol. The van der Waals surface area contributed by atoms with Crippen molar-refractivity contribution in [1.82, 2.24) is 9.88 Å². The SMILES string of the molecule is CCCN1CCN(c2cc(=O)c3nc4c(oc3c2)c(NC(=O)/C(C)=C\C=C\C(C)C(O)C(C)C(O)C(C)C(OC(C)=O)C(C)C(CC)OC)c(=O)c2c(O)c(C)c(OC)c(=C(O)CC)c24)CC1. The van der Waals surface area contributed by atoms with Gasteiger partial charge in [-0.05, 0) is 33.2 Å². The van der Waals surface area contributed by atoms with Gasteiger partial charge in [0, 0.05) is 105 Å². The molecule has 1 amide bonds.